The molecule has 13 heavy (non-hydrogen) atoms. The number of hydrogen-bond donors (Lipinski definition) is 1. The predicted octanol–water partition coefficient (Wildman–Crippen LogP) is 1.75. The SMILES string of the molecule is C=CCCC(N)c1cnc(C)cn1. The van der Waals surface area contributed by atoms with Crippen molar-refractivity contribution in [2.45, 2.75) is 25.8 Å². The lowest BCUT2D eigenvalue weighted by atomic mass is 10.1. The predicted molar refractivity (Wildman–Crippen MR) is 53.1 cm³/mol. The van der Waals surface area contributed by atoms with E-state index in [2.05, 4.69) is 16.5 Å². The monoisotopic (exact) mass is 177 g/mol. The van der Waals surface area contributed by atoms with Crippen molar-refractivity contribution >= 4 is 0 Å². The Balaban J connectivity index is 2.60. The van der Waals surface area contributed by atoms with Crippen molar-refractivity contribution in [1.29, 1.82) is 0 Å². The van der Waals surface area contributed by atoms with E-state index in [4.69, 9.17) is 5.73 Å². The first-order valence-corrected chi connectivity index (χ1v) is 4.39. The molecule has 0 aliphatic carbocycles. The molecule has 1 aromatic heterocycles. The van der Waals surface area contributed by atoms with Crippen molar-refractivity contribution in [2.75, 3.05) is 0 Å². The molecule has 0 radical (unpaired) electrons. The van der Waals surface area contributed by atoms with Crippen LogP contribution in [0.1, 0.15) is 30.3 Å². The molecular weight excluding hydrogens is 162 g/mol. The zero-order chi connectivity index (χ0) is 9.68. The Morgan fingerprint density at radius 3 is 2.85 bits per heavy atom. The van der Waals surface area contributed by atoms with Crippen molar-refractivity contribution in [3.8, 4) is 0 Å². The van der Waals surface area contributed by atoms with Crippen molar-refractivity contribution in [3.63, 3.8) is 0 Å². The fourth-order valence-corrected chi connectivity index (χ4v) is 1.04. The normalized spacial score (nSPS) is 12.5. The number of nitrogens with two attached hydrogens (primary N) is 1. The third-order valence-electron chi connectivity index (χ3n) is 1.86. The molecular formula is C10H15N3. The fourth-order valence-electron chi connectivity index (χ4n) is 1.04. The summed E-state index contributed by atoms with van der Waals surface area (Å²) in [5.41, 5.74) is 7.65. The van der Waals surface area contributed by atoms with Gasteiger partial charge in [-0.15, -0.1) is 6.58 Å². The van der Waals surface area contributed by atoms with Gasteiger partial charge in [-0.05, 0) is 19.8 Å². The van der Waals surface area contributed by atoms with E-state index in [1.54, 1.807) is 12.4 Å². The quantitative estimate of drug-likeness (QED) is 0.713. The van der Waals surface area contributed by atoms with Crippen LogP contribution in [0, 0.1) is 6.92 Å². The standard InChI is InChI=1S/C10H15N3/c1-3-4-5-9(11)10-7-12-8(2)6-13-10/h3,6-7,9H,1,4-5,11H2,2H3. The average molecular weight is 177 g/mol. The molecule has 2 N–H and O–H groups in total. The molecule has 1 aromatic rings. The molecule has 0 aliphatic heterocycles. The summed E-state index contributed by atoms with van der Waals surface area (Å²) in [7, 11) is 0. The number of aryl methyl sites for hydroxylation is 1. The second-order valence-corrected chi connectivity index (χ2v) is 3.06. The van der Waals surface area contributed by atoms with Crippen molar-refractivity contribution in [1.82, 2.24) is 9.97 Å². The smallest absolute Gasteiger partial charge is 0.0754 e. The van der Waals surface area contributed by atoms with E-state index in [-0.39, 0.29) is 6.04 Å². The van der Waals surface area contributed by atoms with Crippen LogP contribution in [0.15, 0.2) is 25.0 Å². The molecule has 0 bridgehead atoms. The van der Waals surface area contributed by atoms with Crippen LogP contribution in [0.25, 0.3) is 0 Å². The summed E-state index contributed by atoms with van der Waals surface area (Å²) in [5.74, 6) is 0. The van der Waals surface area contributed by atoms with Gasteiger partial charge in [0.15, 0.2) is 0 Å². The molecule has 0 aliphatic rings. The van der Waals surface area contributed by atoms with Crippen LogP contribution in [0.4, 0.5) is 0 Å². The molecule has 70 valence electrons. The summed E-state index contributed by atoms with van der Waals surface area (Å²) in [4.78, 5) is 8.35. The Morgan fingerprint density at radius 2 is 2.31 bits per heavy atom. The molecule has 0 amide bonds. The van der Waals surface area contributed by atoms with Crippen molar-refractivity contribution in [3.05, 3.63) is 36.4 Å². The lowest BCUT2D eigenvalue weighted by molar-refractivity contribution is 0.637. The minimum atomic E-state index is -0.0221. The van der Waals surface area contributed by atoms with Gasteiger partial charge in [-0.2, -0.15) is 0 Å². The van der Waals surface area contributed by atoms with Gasteiger partial charge >= 0.3 is 0 Å². The maximum atomic E-state index is 5.88. The van der Waals surface area contributed by atoms with Crippen LogP contribution >= 0.6 is 0 Å². The maximum Gasteiger partial charge on any atom is 0.0754 e. The largest absolute Gasteiger partial charge is 0.323 e. The summed E-state index contributed by atoms with van der Waals surface area (Å²) >= 11 is 0. The zero-order valence-electron chi connectivity index (χ0n) is 7.90. The first-order chi connectivity index (χ1) is 6.24. The molecule has 3 nitrogen and oxygen atoms in total. The Kier molecular flexibility index (Phi) is 3.58. The van der Waals surface area contributed by atoms with Crippen LogP contribution in [0.5, 0.6) is 0 Å². The minimum Gasteiger partial charge on any atom is -0.323 e. The molecule has 1 heterocycles. The van der Waals surface area contributed by atoms with Crippen LogP contribution in [-0.4, -0.2) is 9.97 Å². The topological polar surface area (TPSA) is 51.8 Å². The summed E-state index contributed by atoms with van der Waals surface area (Å²) < 4.78 is 0. The molecule has 1 atom stereocenters. The number of rotatable bonds is 4. The Hall–Kier alpha value is -1.22. The molecule has 0 fully saturated rings. The van der Waals surface area contributed by atoms with Crippen LogP contribution in [0.2, 0.25) is 0 Å². The van der Waals surface area contributed by atoms with Gasteiger partial charge in [-0.25, -0.2) is 0 Å². The summed E-state index contributed by atoms with van der Waals surface area (Å²) in [5, 5.41) is 0. The Bertz CT molecular complexity index is 266. The number of aromatic nitrogens is 2. The minimum absolute atomic E-state index is 0.0221. The molecule has 0 saturated heterocycles. The van der Waals surface area contributed by atoms with Crippen LogP contribution < -0.4 is 5.73 Å². The highest BCUT2D eigenvalue weighted by atomic mass is 14.8. The lowest BCUT2D eigenvalue weighted by Gasteiger charge is -2.08. The van der Waals surface area contributed by atoms with E-state index in [1.807, 2.05) is 13.0 Å². The highest BCUT2D eigenvalue weighted by molar-refractivity contribution is 5.05. The van der Waals surface area contributed by atoms with Crippen LogP contribution in [-0.2, 0) is 0 Å². The first-order valence-electron chi connectivity index (χ1n) is 4.39. The van der Waals surface area contributed by atoms with Gasteiger partial charge < -0.3 is 5.73 Å². The number of nitrogens with zero attached hydrogens (tertiary/aromatic N) is 2. The van der Waals surface area contributed by atoms with E-state index in [1.165, 1.54) is 0 Å². The second-order valence-electron chi connectivity index (χ2n) is 3.06. The first kappa shape index (κ1) is 9.86. The summed E-state index contributed by atoms with van der Waals surface area (Å²) in [6.45, 7) is 5.56. The molecule has 1 unspecified atom stereocenters. The molecule has 1 rings (SSSR count). The molecule has 0 spiro atoms. The van der Waals surface area contributed by atoms with Gasteiger partial charge in [-0.1, -0.05) is 6.08 Å². The van der Waals surface area contributed by atoms with Gasteiger partial charge in [0.1, 0.15) is 0 Å². The zero-order valence-corrected chi connectivity index (χ0v) is 7.90. The third-order valence-corrected chi connectivity index (χ3v) is 1.86. The maximum absolute atomic E-state index is 5.88. The summed E-state index contributed by atoms with van der Waals surface area (Å²) in [6.07, 6.45) is 7.13. The van der Waals surface area contributed by atoms with E-state index >= 15 is 0 Å². The fraction of sp³-hybridized carbons (Fsp3) is 0.400. The van der Waals surface area contributed by atoms with Crippen LogP contribution in [0.3, 0.4) is 0 Å². The van der Waals surface area contributed by atoms with Gasteiger partial charge in [0, 0.05) is 12.2 Å². The van der Waals surface area contributed by atoms with Gasteiger partial charge in [0.05, 0.1) is 17.6 Å². The van der Waals surface area contributed by atoms with Crippen molar-refractivity contribution in [2.24, 2.45) is 5.73 Å². The van der Waals surface area contributed by atoms with E-state index < -0.39 is 0 Å². The third kappa shape index (κ3) is 2.95. The number of allylic oxidation sites excluding steroid dienone is 1. The van der Waals surface area contributed by atoms with Gasteiger partial charge in [0.2, 0.25) is 0 Å². The van der Waals surface area contributed by atoms with E-state index in [0.717, 1.165) is 24.2 Å². The van der Waals surface area contributed by atoms with Gasteiger partial charge in [0.25, 0.3) is 0 Å². The summed E-state index contributed by atoms with van der Waals surface area (Å²) in [6, 6.07) is -0.0221. The second kappa shape index (κ2) is 4.72. The number of hydrogen-bond acceptors (Lipinski definition) is 3. The Labute approximate surface area is 78.7 Å². The van der Waals surface area contributed by atoms with Gasteiger partial charge in [-0.3, -0.25) is 9.97 Å². The molecule has 3 heteroatoms. The molecule has 0 saturated carbocycles. The van der Waals surface area contributed by atoms with Crippen molar-refractivity contribution < 1.29 is 0 Å². The lowest BCUT2D eigenvalue weighted by Crippen LogP contribution is -2.12. The highest BCUT2D eigenvalue weighted by Gasteiger charge is 2.05. The van der Waals surface area contributed by atoms with E-state index in [9.17, 15) is 0 Å². The molecule has 0 aromatic carbocycles. The highest BCUT2D eigenvalue weighted by Crippen LogP contribution is 2.11. The average Bonchev–Trinajstić information content (AvgIpc) is 2.15. The van der Waals surface area contributed by atoms with E-state index in [0.29, 0.717) is 0 Å². The Morgan fingerprint density at radius 1 is 1.54 bits per heavy atom.